The maximum atomic E-state index is 14.3. The summed E-state index contributed by atoms with van der Waals surface area (Å²) in [5.74, 6) is -0.260. The average Bonchev–Trinajstić information content (AvgIpc) is 3.84. The fourth-order valence-corrected chi connectivity index (χ4v) is 5.95. The van der Waals surface area contributed by atoms with Gasteiger partial charge in [0.2, 0.25) is 5.97 Å². The number of aromatic nitrogens is 4. The van der Waals surface area contributed by atoms with Gasteiger partial charge in [0.1, 0.15) is 11.8 Å². The lowest BCUT2D eigenvalue weighted by Gasteiger charge is -2.37. The number of allylic oxidation sites excluding steroid dienone is 1. The Morgan fingerprint density at radius 3 is 2.61 bits per heavy atom. The molecule has 10 heteroatoms. The summed E-state index contributed by atoms with van der Waals surface area (Å²) in [6.45, 7) is 11.0. The van der Waals surface area contributed by atoms with Gasteiger partial charge >= 0.3 is 0 Å². The van der Waals surface area contributed by atoms with Crippen molar-refractivity contribution in [3.05, 3.63) is 52.5 Å². The second-order valence-corrected chi connectivity index (χ2v) is 13.7. The highest BCUT2D eigenvalue weighted by Crippen LogP contribution is 2.49. The summed E-state index contributed by atoms with van der Waals surface area (Å²) < 4.78 is 16.5. The summed E-state index contributed by atoms with van der Waals surface area (Å²) in [6.07, 6.45) is 9.36. The van der Waals surface area contributed by atoms with Gasteiger partial charge in [-0.15, -0.1) is 5.10 Å². The van der Waals surface area contributed by atoms with E-state index in [0.29, 0.717) is 40.3 Å². The lowest BCUT2D eigenvalue weighted by Crippen LogP contribution is -2.38. The summed E-state index contributed by atoms with van der Waals surface area (Å²) in [6, 6.07) is 6.18. The molecule has 2 fully saturated rings. The Balaban J connectivity index is 1.47. The molecule has 2 N–H and O–H groups in total. The number of nitrogens with one attached hydrogen (secondary N) is 2. The van der Waals surface area contributed by atoms with Crippen molar-refractivity contribution in [1.82, 2.24) is 20.0 Å². The minimum absolute atomic E-state index is 0.00560. The zero-order valence-electron chi connectivity index (χ0n) is 24.2. The zero-order valence-corrected chi connectivity index (χ0v) is 24.9. The highest BCUT2D eigenvalue weighted by atomic mass is 35.5. The van der Waals surface area contributed by atoms with Crippen molar-refractivity contribution in [3.63, 3.8) is 0 Å². The molecule has 1 aromatic carbocycles. The fourth-order valence-electron chi connectivity index (χ4n) is 5.68. The van der Waals surface area contributed by atoms with Crippen LogP contribution in [0.2, 0.25) is 5.02 Å². The van der Waals surface area contributed by atoms with Crippen molar-refractivity contribution in [2.45, 2.75) is 83.8 Å². The minimum atomic E-state index is -0.726. The monoisotopic (exact) mass is 574 g/mol. The molecule has 41 heavy (non-hydrogen) atoms. The van der Waals surface area contributed by atoms with Gasteiger partial charge < -0.3 is 10.6 Å². The van der Waals surface area contributed by atoms with Crippen molar-refractivity contribution in [2.75, 3.05) is 17.2 Å². The Morgan fingerprint density at radius 2 is 1.98 bits per heavy atom. The number of aliphatic imine (C=N–C) groups is 1. The molecular formula is C31H36ClFN8. The lowest BCUT2D eigenvalue weighted by molar-refractivity contribution is 0.335. The first-order valence-electron chi connectivity index (χ1n) is 14.4. The second kappa shape index (κ2) is 10.1. The van der Waals surface area contributed by atoms with E-state index in [9.17, 15) is 9.65 Å². The van der Waals surface area contributed by atoms with E-state index in [1.54, 1.807) is 6.20 Å². The van der Waals surface area contributed by atoms with Gasteiger partial charge in [-0.05, 0) is 63.2 Å². The number of rotatable bonds is 8. The molecule has 1 aliphatic heterocycles. The van der Waals surface area contributed by atoms with Crippen molar-refractivity contribution in [3.8, 4) is 6.07 Å². The van der Waals surface area contributed by atoms with E-state index in [1.165, 1.54) is 11.8 Å². The SMILES string of the molecule is CC(C)(C)CNc1c(C#N)cnc2c(Cl)cc(N[C@H](c3nnn(C4CC4)c3C3CC3)C3C=CC(F)=NC3(C)C)cc12. The van der Waals surface area contributed by atoms with Crippen LogP contribution in [0.15, 0.2) is 35.5 Å². The van der Waals surface area contributed by atoms with E-state index in [-0.39, 0.29) is 17.4 Å². The van der Waals surface area contributed by atoms with Crippen LogP contribution in [0.4, 0.5) is 15.8 Å². The normalized spacial score (nSPS) is 20.9. The molecule has 2 saturated carbocycles. The van der Waals surface area contributed by atoms with Crippen LogP contribution in [0.25, 0.3) is 10.9 Å². The number of halogens is 2. The number of fused-ring (bicyclic) bond motifs is 1. The Hall–Kier alpha value is -3.51. The predicted octanol–water partition coefficient (Wildman–Crippen LogP) is 7.51. The molecule has 3 heterocycles. The molecule has 0 saturated heterocycles. The third kappa shape index (κ3) is 5.54. The van der Waals surface area contributed by atoms with Gasteiger partial charge in [-0.1, -0.05) is 43.7 Å². The molecule has 6 rings (SSSR count). The molecular weight excluding hydrogens is 539 g/mol. The first-order chi connectivity index (χ1) is 19.4. The van der Waals surface area contributed by atoms with Crippen LogP contribution in [0.3, 0.4) is 0 Å². The average molecular weight is 575 g/mol. The number of anilines is 2. The van der Waals surface area contributed by atoms with E-state index in [1.807, 2.05) is 32.1 Å². The number of benzene rings is 1. The molecule has 0 spiro atoms. The van der Waals surface area contributed by atoms with Crippen molar-refractivity contribution in [2.24, 2.45) is 16.3 Å². The number of nitrogens with zero attached hydrogens (tertiary/aromatic N) is 6. The number of dihydropyridines is 1. The van der Waals surface area contributed by atoms with Gasteiger partial charge in [-0.3, -0.25) is 9.98 Å². The second-order valence-electron chi connectivity index (χ2n) is 13.3. The van der Waals surface area contributed by atoms with Crippen molar-refractivity contribution >= 4 is 39.8 Å². The molecule has 2 atom stereocenters. The van der Waals surface area contributed by atoms with Crippen LogP contribution in [0, 0.1) is 22.7 Å². The fraction of sp³-hybridized carbons (Fsp3) is 0.516. The first kappa shape index (κ1) is 27.6. The summed E-state index contributed by atoms with van der Waals surface area (Å²) in [5, 5.41) is 27.7. The molecule has 0 radical (unpaired) electrons. The molecule has 2 aliphatic carbocycles. The van der Waals surface area contributed by atoms with Crippen LogP contribution in [-0.2, 0) is 0 Å². The smallest absolute Gasteiger partial charge is 0.208 e. The number of hydrogen-bond donors (Lipinski definition) is 2. The number of hydrogen-bond acceptors (Lipinski definition) is 7. The van der Waals surface area contributed by atoms with Crippen LogP contribution >= 0.6 is 11.6 Å². The van der Waals surface area contributed by atoms with E-state index >= 15 is 0 Å². The van der Waals surface area contributed by atoms with Gasteiger partial charge in [-0.2, -0.15) is 9.65 Å². The third-order valence-electron chi connectivity index (χ3n) is 8.08. The highest BCUT2D eigenvalue weighted by molar-refractivity contribution is 6.35. The van der Waals surface area contributed by atoms with Gasteiger partial charge in [0.25, 0.3) is 0 Å². The Labute approximate surface area is 245 Å². The first-order valence-corrected chi connectivity index (χ1v) is 14.7. The molecule has 2 aromatic heterocycles. The minimum Gasteiger partial charge on any atom is -0.383 e. The van der Waals surface area contributed by atoms with Crippen molar-refractivity contribution in [1.29, 1.82) is 5.26 Å². The molecule has 0 amide bonds. The summed E-state index contributed by atoms with van der Waals surface area (Å²) in [7, 11) is 0. The molecule has 0 bridgehead atoms. The largest absolute Gasteiger partial charge is 0.383 e. The van der Waals surface area contributed by atoms with E-state index in [2.05, 4.69) is 57.3 Å². The molecule has 3 aliphatic rings. The number of pyridine rings is 1. The molecule has 8 nitrogen and oxygen atoms in total. The lowest BCUT2D eigenvalue weighted by atomic mass is 9.78. The maximum Gasteiger partial charge on any atom is 0.208 e. The quantitative estimate of drug-likeness (QED) is 0.288. The Bertz CT molecular complexity index is 1600. The summed E-state index contributed by atoms with van der Waals surface area (Å²) in [5.41, 5.74) is 3.86. The van der Waals surface area contributed by atoms with Crippen LogP contribution < -0.4 is 10.6 Å². The van der Waals surface area contributed by atoms with Gasteiger partial charge in [0.05, 0.1) is 45.1 Å². The summed E-state index contributed by atoms with van der Waals surface area (Å²) >= 11 is 6.83. The standard InChI is InChI=1S/C31H36ClFN8/c1-30(2,3)16-36-25-18(14-34)15-35-26-21(25)12-19(13-23(26)32)37-27(22-10-11-24(33)38-31(22,4)5)28-29(17-6-7-17)41(40-39-28)20-8-9-20/h10-13,15,17,20,22,27,37H,6-9,16H2,1-5H3,(H,35,36)/t22?,27-/m0/s1. The highest BCUT2D eigenvalue weighted by Gasteiger charge is 2.44. The molecule has 214 valence electrons. The van der Waals surface area contributed by atoms with Gasteiger partial charge in [0.15, 0.2) is 0 Å². The maximum absolute atomic E-state index is 14.3. The topological polar surface area (TPSA) is 104 Å². The summed E-state index contributed by atoms with van der Waals surface area (Å²) in [4.78, 5) is 8.88. The van der Waals surface area contributed by atoms with Crippen LogP contribution in [-0.4, -0.2) is 38.0 Å². The third-order valence-corrected chi connectivity index (χ3v) is 8.37. The Kier molecular flexibility index (Phi) is 6.80. The van der Waals surface area contributed by atoms with E-state index in [0.717, 1.165) is 42.5 Å². The predicted molar refractivity (Wildman–Crippen MR) is 161 cm³/mol. The number of nitriles is 1. The molecule has 1 unspecified atom stereocenters. The van der Waals surface area contributed by atoms with E-state index < -0.39 is 11.5 Å². The van der Waals surface area contributed by atoms with E-state index in [4.69, 9.17) is 16.7 Å². The van der Waals surface area contributed by atoms with Gasteiger partial charge in [0, 0.05) is 35.7 Å². The van der Waals surface area contributed by atoms with Crippen LogP contribution in [0.5, 0.6) is 0 Å². The van der Waals surface area contributed by atoms with Crippen molar-refractivity contribution < 1.29 is 4.39 Å². The Morgan fingerprint density at radius 1 is 1.22 bits per heavy atom. The molecule has 3 aromatic rings. The zero-order chi connectivity index (χ0) is 29.1. The van der Waals surface area contributed by atoms with Crippen LogP contribution in [0.1, 0.15) is 95.3 Å². The van der Waals surface area contributed by atoms with Gasteiger partial charge in [-0.25, -0.2) is 4.68 Å².